The molecular formula is C23H32N6. The van der Waals surface area contributed by atoms with Crippen molar-refractivity contribution in [2.75, 3.05) is 24.5 Å². The molecule has 0 saturated heterocycles. The Balaban J connectivity index is 1.39. The van der Waals surface area contributed by atoms with Crippen LogP contribution in [0.2, 0.25) is 0 Å². The lowest BCUT2D eigenvalue weighted by Crippen LogP contribution is -2.43. The number of hydrogen-bond donors (Lipinski definition) is 1. The molecule has 0 bridgehead atoms. The average Bonchev–Trinajstić information content (AvgIpc) is 3.45. The highest BCUT2D eigenvalue weighted by molar-refractivity contribution is 5.98. The summed E-state index contributed by atoms with van der Waals surface area (Å²) in [6, 6.07) is 9.00. The van der Waals surface area contributed by atoms with E-state index < -0.39 is 0 Å². The maximum absolute atomic E-state index is 5.14. The molecule has 1 spiro atoms. The number of benzene rings is 1. The van der Waals surface area contributed by atoms with Gasteiger partial charge in [0.1, 0.15) is 11.6 Å². The summed E-state index contributed by atoms with van der Waals surface area (Å²) in [5.74, 6) is 3.75. The van der Waals surface area contributed by atoms with Gasteiger partial charge in [0.15, 0.2) is 5.96 Å². The van der Waals surface area contributed by atoms with Crippen molar-refractivity contribution in [3.05, 3.63) is 41.5 Å². The van der Waals surface area contributed by atoms with Crippen molar-refractivity contribution in [2.24, 2.45) is 10.9 Å². The van der Waals surface area contributed by atoms with E-state index in [0.717, 1.165) is 56.6 Å². The summed E-state index contributed by atoms with van der Waals surface area (Å²) in [4.78, 5) is 7.60. The summed E-state index contributed by atoms with van der Waals surface area (Å²) < 4.78 is 2.27. The van der Waals surface area contributed by atoms with Crippen molar-refractivity contribution >= 4 is 11.6 Å². The molecule has 6 heteroatoms. The maximum Gasteiger partial charge on any atom is 0.198 e. The highest BCUT2D eigenvalue weighted by Crippen LogP contribution is 2.50. The standard InChI is InChI=1S/C23H32N6/c1-3-24-22(25-14-18-10-11-21-27-26-17(2)28(21)15-18)29-16-23(12-6-7-13-23)19-8-4-5-9-20(19)29/h4-5,8-9,18H,3,6-7,10-16H2,1-2H3,(H,24,25). The summed E-state index contributed by atoms with van der Waals surface area (Å²) >= 11 is 0. The number of nitrogens with zero attached hydrogens (tertiary/aromatic N) is 5. The summed E-state index contributed by atoms with van der Waals surface area (Å²) in [5, 5.41) is 12.1. The first-order valence-corrected chi connectivity index (χ1v) is 11.2. The molecule has 6 nitrogen and oxygen atoms in total. The van der Waals surface area contributed by atoms with Gasteiger partial charge in [-0.2, -0.15) is 0 Å². The van der Waals surface area contributed by atoms with Gasteiger partial charge in [0, 0.05) is 43.7 Å². The summed E-state index contributed by atoms with van der Waals surface area (Å²) in [5.41, 5.74) is 3.21. The van der Waals surface area contributed by atoms with Gasteiger partial charge in [-0.1, -0.05) is 31.0 Å². The third kappa shape index (κ3) is 3.22. The molecule has 1 aromatic carbocycles. The SMILES string of the molecule is CCNC(=NCC1CCc2nnc(C)n2C1)N1CC2(CCCC2)c2ccccc21. The number of anilines is 1. The van der Waals surface area contributed by atoms with Gasteiger partial charge in [-0.3, -0.25) is 4.99 Å². The second-order valence-corrected chi connectivity index (χ2v) is 8.96. The highest BCUT2D eigenvalue weighted by atomic mass is 15.3. The van der Waals surface area contributed by atoms with E-state index >= 15 is 0 Å². The molecule has 3 aliphatic rings. The minimum atomic E-state index is 0.326. The van der Waals surface area contributed by atoms with Crippen LogP contribution in [0.5, 0.6) is 0 Å². The second kappa shape index (κ2) is 7.47. The van der Waals surface area contributed by atoms with Gasteiger partial charge in [-0.05, 0) is 50.7 Å². The third-order valence-corrected chi connectivity index (χ3v) is 7.11. The zero-order chi connectivity index (χ0) is 19.8. The van der Waals surface area contributed by atoms with Crippen LogP contribution in [-0.4, -0.2) is 40.4 Å². The Morgan fingerprint density at radius 3 is 2.90 bits per heavy atom. The fourth-order valence-electron chi connectivity index (χ4n) is 5.59. The number of aromatic nitrogens is 3. The lowest BCUT2D eigenvalue weighted by molar-refractivity contribution is 0.369. The van der Waals surface area contributed by atoms with E-state index in [2.05, 4.69) is 63.1 Å². The molecular weight excluding hydrogens is 360 g/mol. The monoisotopic (exact) mass is 392 g/mol. The van der Waals surface area contributed by atoms with Gasteiger partial charge in [-0.15, -0.1) is 10.2 Å². The first-order valence-electron chi connectivity index (χ1n) is 11.2. The van der Waals surface area contributed by atoms with Crippen LogP contribution in [0.3, 0.4) is 0 Å². The number of guanidine groups is 1. The number of hydrogen-bond acceptors (Lipinski definition) is 3. The molecule has 1 unspecified atom stereocenters. The molecule has 0 amide bonds. The van der Waals surface area contributed by atoms with Crippen LogP contribution in [0.25, 0.3) is 0 Å². The van der Waals surface area contributed by atoms with Crippen LogP contribution in [0.4, 0.5) is 5.69 Å². The van der Waals surface area contributed by atoms with E-state index in [-0.39, 0.29) is 0 Å². The molecule has 29 heavy (non-hydrogen) atoms. The van der Waals surface area contributed by atoms with Crippen molar-refractivity contribution in [1.29, 1.82) is 0 Å². The molecule has 2 aromatic rings. The molecule has 1 N–H and O–H groups in total. The molecule has 2 aliphatic heterocycles. The van der Waals surface area contributed by atoms with E-state index in [4.69, 9.17) is 4.99 Å². The van der Waals surface area contributed by atoms with Crippen LogP contribution < -0.4 is 10.2 Å². The Morgan fingerprint density at radius 2 is 2.07 bits per heavy atom. The minimum absolute atomic E-state index is 0.326. The number of aryl methyl sites for hydroxylation is 2. The van der Waals surface area contributed by atoms with Crippen LogP contribution in [0.1, 0.15) is 56.2 Å². The Morgan fingerprint density at radius 1 is 1.24 bits per heavy atom. The van der Waals surface area contributed by atoms with Gasteiger partial charge in [0.25, 0.3) is 0 Å². The highest BCUT2D eigenvalue weighted by Gasteiger charge is 2.45. The quantitative estimate of drug-likeness (QED) is 0.642. The fourth-order valence-corrected chi connectivity index (χ4v) is 5.59. The van der Waals surface area contributed by atoms with E-state index in [0.29, 0.717) is 11.3 Å². The van der Waals surface area contributed by atoms with Crippen LogP contribution in [0.15, 0.2) is 29.3 Å². The molecule has 5 rings (SSSR count). The van der Waals surface area contributed by atoms with Gasteiger partial charge in [0.2, 0.25) is 0 Å². The first kappa shape index (κ1) is 18.6. The molecule has 3 heterocycles. The number of rotatable bonds is 3. The summed E-state index contributed by atoms with van der Waals surface area (Å²) in [6.07, 6.45) is 7.45. The number of nitrogens with one attached hydrogen (secondary N) is 1. The molecule has 1 aliphatic carbocycles. The Bertz CT molecular complexity index is 908. The topological polar surface area (TPSA) is 58.3 Å². The molecule has 1 saturated carbocycles. The van der Waals surface area contributed by atoms with Crippen molar-refractivity contribution < 1.29 is 0 Å². The zero-order valence-corrected chi connectivity index (χ0v) is 17.7. The molecule has 1 aromatic heterocycles. The number of para-hydroxylation sites is 1. The summed E-state index contributed by atoms with van der Waals surface area (Å²) in [6.45, 7) is 8.01. The van der Waals surface area contributed by atoms with Gasteiger partial charge in [-0.25, -0.2) is 0 Å². The predicted molar refractivity (Wildman–Crippen MR) is 116 cm³/mol. The van der Waals surface area contributed by atoms with Gasteiger partial charge >= 0.3 is 0 Å². The van der Waals surface area contributed by atoms with Crippen LogP contribution in [-0.2, 0) is 18.4 Å². The van der Waals surface area contributed by atoms with Gasteiger partial charge in [0.05, 0.1) is 0 Å². The van der Waals surface area contributed by atoms with E-state index in [1.54, 1.807) is 0 Å². The van der Waals surface area contributed by atoms with E-state index in [1.807, 2.05) is 0 Å². The van der Waals surface area contributed by atoms with Gasteiger partial charge < -0.3 is 14.8 Å². The predicted octanol–water partition coefficient (Wildman–Crippen LogP) is 3.45. The Kier molecular flexibility index (Phi) is 4.80. The molecule has 1 fully saturated rings. The molecule has 1 atom stereocenters. The lowest BCUT2D eigenvalue weighted by atomic mass is 9.81. The fraction of sp³-hybridized carbons (Fsp3) is 0.609. The number of aliphatic imine (C=N–C) groups is 1. The van der Waals surface area contributed by atoms with Crippen molar-refractivity contribution in [3.8, 4) is 0 Å². The van der Waals surface area contributed by atoms with Crippen molar-refractivity contribution in [3.63, 3.8) is 0 Å². The van der Waals surface area contributed by atoms with Crippen LogP contribution >= 0.6 is 0 Å². The van der Waals surface area contributed by atoms with Crippen LogP contribution in [0, 0.1) is 12.8 Å². The molecule has 0 radical (unpaired) electrons. The summed E-state index contributed by atoms with van der Waals surface area (Å²) in [7, 11) is 0. The average molecular weight is 393 g/mol. The lowest BCUT2D eigenvalue weighted by Gasteiger charge is -2.28. The van der Waals surface area contributed by atoms with Crippen molar-refractivity contribution in [2.45, 2.75) is 64.3 Å². The zero-order valence-electron chi connectivity index (χ0n) is 17.7. The van der Waals surface area contributed by atoms with E-state index in [9.17, 15) is 0 Å². The Labute approximate surface area is 173 Å². The number of fused-ring (bicyclic) bond motifs is 3. The normalized spacial score (nSPS) is 22.8. The maximum atomic E-state index is 5.14. The largest absolute Gasteiger partial charge is 0.356 e. The minimum Gasteiger partial charge on any atom is -0.356 e. The molecule has 154 valence electrons. The third-order valence-electron chi connectivity index (χ3n) is 7.11. The Hall–Kier alpha value is -2.37. The smallest absolute Gasteiger partial charge is 0.198 e. The van der Waals surface area contributed by atoms with Crippen molar-refractivity contribution in [1.82, 2.24) is 20.1 Å². The second-order valence-electron chi connectivity index (χ2n) is 8.96. The van der Waals surface area contributed by atoms with E-state index in [1.165, 1.54) is 36.9 Å². The first-order chi connectivity index (χ1) is 14.2.